The van der Waals surface area contributed by atoms with E-state index >= 15 is 0 Å². The minimum absolute atomic E-state index is 0.0623. The van der Waals surface area contributed by atoms with E-state index in [4.69, 9.17) is 4.74 Å². The Bertz CT molecular complexity index is 977. The van der Waals surface area contributed by atoms with Gasteiger partial charge in [0.1, 0.15) is 0 Å². The first kappa shape index (κ1) is 25.3. The van der Waals surface area contributed by atoms with Crippen LogP contribution in [0.15, 0.2) is 36.2 Å². The van der Waals surface area contributed by atoms with Gasteiger partial charge in [-0.3, -0.25) is 0 Å². The van der Waals surface area contributed by atoms with Gasteiger partial charge >= 0.3 is 0 Å². The van der Waals surface area contributed by atoms with Crippen LogP contribution in [0.4, 0.5) is 22.0 Å². The van der Waals surface area contributed by atoms with Crippen molar-refractivity contribution in [1.29, 1.82) is 0 Å². The maximum Gasteiger partial charge on any atom is 0.201 e. The Labute approximate surface area is 192 Å². The molecular formula is C27H31F5O. The van der Waals surface area contributed by atoms with Crippen LogP contribution in [0.5, 0.6) is 5.75 Å². The van der Waals surface area contributed by atoms with Crippen molar-refractivity contribution in [2.24, 2.45) is 5.92 Å². The molecule has 0 atom stereocenters. The minimum Gasteiger partial charge on any atom is -0.491 e. The molecule has 2 aromatic carbocycles. The maximum absolute atomic E-state index is 15.0. The molecule has 0 heterocycles. The summed E-state index contributed by atoms with van der Waals surface area (Å²) in [6.07, 6.45) is 7.68. The van der Waals surface area contributed by atoms with Gasteiger partial charge in [-0.1, -0.05) is 25.1 Å². The summed E-state index contributed by atoms with van der Waals surface area (Å²) in [7, 11) is 0. The lowest BCUT2D eigenvalue weighted by molar-refractivity contribution is 0.305. The Balaban J connectivity index is 1.69. The molecule has 2 aromatic rings. The Hall–Kier alpha value is -2.37. The number of hydrogen-bond acceptors (Lipinski definition) is 1. The van der Waals surface area contributed by atoms with Crippen LogP contribution < -0.4 is 4.74 Å². The second-order valence-corrected chi connectivity index (χ2v) is 8.70. The summed E-state index contributed by atoms with van der Waals surface area (Å²) >= 11 is 0. The van der Waals surface area contributed by atoms with Gasteiger partial charge in [0, 0.05) is 11.1 Å². The fourth-order valence-corrected chi connectivity index (χ4v) is 4.67. The molecule has 33 heavy (non-hydrogen) atoms. The lowest BCUT2D eigenvalue weighted by Crippen LogP contribution is -2.15. The van der Waals surface area contributed by atoms with Gasteiger partial charge in [-0.2, -0.15) is 4.39 Å². The van der Waals surface area contributed by atoms with Crippen LogP contribution in [0.1, 0.15) is 76.7 Å². The molecule has 180 valence electrons. The highest BCUT2D eigenvalue weighted by molar-refractivity contribution is 5.66. The molecule has 0 unspecified atom stereocenters. The van der Waals surface area contributed by atoms with E-state index in [0.717, 1.165) is 25.7 Å². The fraction of sp³-hybridized carbons (Fsp3) is 0.481. The highest BCUT2D eigenvalue weighted by Crippen LogP contribution is 2.41. The molecule has 1 fully saturated rings. The van der Waals surface area contributed by atoms with Crippen LogP contribution in [0, 0.1) is 29.2 Å². The third-order valence-corrected chi connectivity index (χ3v) is 6.47. The summed E-state index contributed by atoms with van der Waals surface area (Å²) in [6.45, 7) is 3.73. The van der Waals surface area contributed by atoms with Gasteiger partial charge in [0.05, 0.1) is 12.4 Å². The summed E-state index contributed by atoms with van der Waals surface area (Å²) in [5, 5.41) is 0. The van der Waals surface area contributed by atoms with Gasteiger partial charge in [-0.15, -0.1) is 0 Å². The van der Waals surface area contributed by atoms with E-state index in [2.05, 4.69) is 0 Å². The molecule has 0 radical (unpaired) electrons. The Morgan fingerprint density at radius 3 is 2.15 bits per heavy atom. The zero-order valence-corrected chi connectivity index (χ0v) is 19.2. The SMILES string of the molecule is CCCC(F)=CCCC1CCC(c2ccc(-c3ccc(OCC)c(F)c3F)c(F)c2F)CC1. The third-order valence-electron chi connectivity index (χ3n) is 6.47. The van der Waals surface area contributed by atoms with Gasteiger partial charge in [-0.25, -0.2) is 17.6 Å². The average molecular weight is 467 g/mol. The van der Waals surface area contributed by atoms with E-state index < -0.39 is 23.3 Å². The second kappa shape index (κ2) is 11.7. The lowest BCUT2D eigenvalue weighted by atomic mass is 9.77. The van der Waals surface area contributed by atoms with Crippen molar-refractivity contribution in [1.82, 2.24) is 0 Å². The van der Waals surface area contributed by atoms with Gasteiger partial charge in [0.25, 0.3) is 0 Å². The molecule has 0 aromatic heterocycles. The summed E-state index contributed by atoms with van der Waals surface area (Å²) < 4.78 is 77.1. The molecule has 0 bridgehead atoms. The van der Waals surface area contributed by atoms with Crippen LogP contribution in [0.2, 0.25) is 0 Å². The van der Waals surface area contributed by atoms with Crippen LogP contribution >= 0.6 is 0 Å². The molecule has 3 rings (SSSR count). The second-order valence-electron chi connectivity index (χ2n) is 8.70. The van der Waals surface area contributed by atoms with E-state index in [1.807, 2.05) is 6.92 Å². The van der Waals surface area contributed by atoms with Crippen molar-refractivity contribution in [2.45, 2.75) is 71.1 Å². The number of allylic oxidation sites excluding steroid dienone is 2. The Morgan fingerprint density at radius 1 is 0.879 bits per heavy atom. The molecule has 1 nitrogen and oxygen atoms in total. The Morgan fingerprint density at radius 2 is 1.52 bits per heavy atom. The molecule has 1 aliphatic carbocycles. The zero-order chi connectivity index (χ0) is 24.0. The fourth-order valence-electron chi connectivity index (χ4n) is 4.67. The normalized spacial score (nSPS) is 19.1. The van der Waals surface area contributed by atoms with E-state index in [0.29, 0.717) is 31.6 Å². The first-order valence-electron chi connectivity index (χ1n) is 11.8. The summed E-state index contributed by atoms with van der Waals surface area (Å²) in [5.41, 5.74) is -0.383. The van der Waals surface area contributed by atoms with Gasteiger partial charge in [-0.05, 0) is 87.8 Å². The zero-order valence-electron chi connectivity index (χ0n) is 19.2. The molecular weight excluding hydrogens is 435 g/mol. The molecule has 1 aliphatic rings. The predicted molar refractivity (Wildman–Crippen MR) is 121 cm³/mol. The van der Waals surface area contributed by atoms with Crippen LogP contribution in [-0.2, 0) is 0 Å². The molecule has 0 spiro atoms. The summed E-state index contributed by atoms with van der Waals surface area (Å²) in [4.78, 5) is 0. The molecule has 1 saturated carbocycles. The molecule has 0 N–H and O–H groups in total. The van der Waals surface area contributed by atoms with Crippen molar-refractivity contribution in [3.05, 3.63) is 65.0 Å². The highest BCUT2D eigenvalue weighted by Gasteiger charge is 2.27. The molecule has 0 amide bonds. The molecule has 0 saturated heterocycles. The number of rotatable bonds is 9. The van der Waals surface area contributed by atoms with Crippen LogP contribution in [0.25, 0.3) is 11.1 Å². The molecule has 0 aliphatic heterocycles. The standard InChI is InChI=1S/C27H31F5O/c1-3-6-19(28)8-5-7-17-9-11-18(12-10-17)20-13-14-21(25(30)24(20)29)22-15-16-23(33-4-2)27(32)26(22)31/h8,13-18H,3-7,9-12H2,1-2H3. The minimum atomic E-state index is -1.27. The number of ether oxygens (including phenoxy) is 1. The third kappa shape index (κ3) is 5.96. The Kier molecular flexibility index (Phi) is 8.93. The van der Waals surface area contributed by atoms with Gasteiger partial charge in [0.2, 0.25) is 5.82 Å². The van der Waals surface area contributed by atoms with E-state index in [-0.39, 0.29) is 40.8 Å². The summed E-state index contributed by atoms with van der Waals surface area (Å²) in [6, 6.07) is 5.21. The lowest BCUT2D eigenvalue weighted by Gasteiger charge is -2.29. The first-order valence-corrected chi connectivity index (χ1v) is 11.8. The smallest absolute Gasteiger partial charge is 0.201 e. The number of hydrogen-bond donors (Lipinski definition) is 0. The quantitative estimate of drug-likeness (QED) is 0.335. The van der Waals surface area contributed by atoms with Crippen molar-refractivity contribution < 1.29 is 26.7 Å². The number of benzene rings is 2. The van der Waals surface area contributed by atoms with Crippen molar-refractivity contribution >= 4 is 0 Å². The average Bonchev–Trinajstić information content (AvgIpc) is 2.80. The topological polar surface area (TPSA) is 9.23 Å². The van der Waals surface area contributed by atoms with Crippen LogP contribution in [0.3, 0.4) is 0 Å². The summed E-state index contributed by atoms with van der Waals surface area (Å²) in [5.74, 6) is -4.68. The first-order chi connectivity index (χ1) is 15.9. The van der Waals surface area contributed by atoms with Gasteiger partial charge in [0.15, 0.2) is 23.2 Å². The van der Waals surface area contributed by atoms with Crippen molar-refractivity contribution in [3.8, 4) is 16.9 Å². The van der Waals surface area contributed by atoms with Gasteiger partial charge < -0.3 is 4.74 Å². The number of halogens is 5. The highest BCUT2D eigenvalue weighted by atomic mass is 19.2. The monoisotopic (exact) mass is 466 g/mol. The van der Waals surface area contributed by atoms with Crippen molar-refractivity contribution in [2.75, 3.05) is 6.61 Å². The van der Waals surface area contributed by atoms with Crippen LogP contribution in [-0.4, -0.2) is 6.61 Å². The predicted octanol–water partition coefficient (Wildman–Crippen LogP) is 9.02. The van der Waals surface area contributed by atoms with E-state index in [9.17, 15) is 22.0 Å². The largest absolute Gasteiger partial charge is 0.491 e. The molecule has 6 heteroatoms. The maximum atomic E-state index is 15.0. The van der Waals surface area contributed by atoms with E-state index in [1.54, 1.807) is 13.0 Å². The van der Waals surface area contributed by atoms with Crippen molar-refractivity contribution in [3.63, 3.8) is 0 Å². The van der Waals surface area contributed by atoms with E-state index in [1.165, 1.54) is 24.3 Å².